The largest absolute Gasteiger partial charge is 0.394 e. The minimum Gasteiger partial charge on any atom is -0.394 e. The lowest BCUT2D eigenvalue weighted by Crippen LogP contribution is -2.58. The number of aliphatic hydroxyl groups is 1. The number of methoxy groups -OCH3 is 1. The van der Waals surface area contributed by atoms with Crippen molar-refractivity contribution in [3.63, 3.8) is 0 Å². The predicted molar refractivity (Wildman–Crippen MR) is 106 cm³/mol. The Morgan fingerprint density at radius 3 is 3.00 bits per heavy atom. The number of hydrogen-bond donors (Lipinski definition) is 3. The van der Waals surface area contributed by atoms with E-state index >= 15 is 0 Å². The second kappa shape index (κ2) is 8.92. The van der Waals surface area contributed by atoms with Crippen molar-refractivity contribution in [1.29, 1.82) is 0 Å². The molecule has 0 radical (unpaired) electrons. The molecule has 0 bridgehead atoms. The molecule has 1 aromatic heterocycles. The van der Waals surface area contributed by atoms with Gasteiger partial charge in [0.2, 0.25) is 5.96 Å². The third kappa shape index (κ3) is 4.61. The highest BCUT2D eigenvalue weighted by molar-refractivity contribution is 6.13. The average molecular weight is 373 g/mol. The lowest BCUT2D eigenvalue weighted by molar-refractivity contribution is 0.169. The third-order valence-electron chi connectivity index (χ3n) is 4.43. The van der Waals surface area contributed by atoms with Gasteiger partial charge in [-0.3, -0.25) is 5.01 Å². The van der Waals surface area contributed by atoms with Crippen molar-refractivity contribution in [3.8, 4) is 0 Å². The van der Waals surface area contributed by atoms with Gasteiger partial charge >= 0.3 is 0 Å². The maximum atomic E-state index is 9.08. The van der Waals surface area contributed by atoms with Gasteiger partial charge in [0, 0.05) is 26.5 Å². The van der Waals surface area contributed by atoms with Gasteiger partial charge < -0.3 is 20.5 Å². The van der Waals surface area contributed by atoms with Gasteiger partial charge in [-0.2, -0.15) is 10.1 Å². The fourth-order valence-electron chi connectivity index (χ4n) is 3.20. The van der Waals surface area contributed by atoms with Crippen LogP contribution in [0.5, 0.6) is 0 Å². The first kappa shape index (κ1) is 19.2. The standard InChI is InChI=1S/C18H27N7O2/c1-12-5-6-19-14(11-12)21-17-16-15(22-18(23-17)20-7-9-26)13(2)24-25(16)8-4-10-27-3/h5-6,11,15-16,26H,4,7-10H2,1-3H3,(H2,19,20,21,22,23). The fraction of sp³-hybridized carbons (Fsp3) is 0.556. The molecule has 0 fully saturated rings. The van der Waals surface area contributed by atoms with Gasteiger partial charge in [0.15, 0.2) is 0 Å². The SMILES string of the molecule is COCCCN1N=C(C)C2NC(=NCCO)N=C(Nc3cc(C)ccn3)C21. The number of aryl methyl sites for hydroxylation is 1. The molecule has 2 atom stereocenters. The molecule has 3 N–H and O–H groups in total. The zero-order chi connectivity index (χ0) is 19.2. The van der Waals surface area contributed by atoms with Crippen LogP contribution in [0, 0.1) is 6.92 Å². The quantitative estimate of drug-likeness (QED) is 0.605. The Bertz CT molecular complexity index is 747. The Kier molecular flexibility index (Phi) is 6.36. The maximum Gasteiger partial charge on any atom is 0.220 e. The Morgan fingerprint density at radius 2 is 2.26 bits per heavy atom. The lowest BCUT2D eigenvalue weighted by atomic mass is 10.0. The van der Waals surface area contributed by atoms with Gasteiger partial charge in [-0.15, -0.1) is 0 Å². The van der Waals surface area contributed by atoms with E-state index < -0.39 is 0 Å². The fourth-order valence-corrected chi connectivity index (χ4v) is 3.20. The molecule has 9 heteroatoms. The van der Waals surface area contributed by atoms with Crippen molar-refractivity contribution >= 4 is 23.3 Å². The highest BCUT2D eigenvalue weighted by Gasteiger charge is 2.42. The summed E-state index contributed by atoms with van der Waals surface area (Å²) in [5.74, 6) is 1.97. The molecule has 3 rings (SSSR count). The number of guanidine groups is 1. The van der Waals surface area contributed by atoms with Gasteiger partial charge in [-0.25, -0.2) is 9.98 Å². The predicted octanol–water partition coefficient (Wildman–Crippen LogP) is 0.617. The molecule has 0 saturated heterocycles. The second-order valence-electron chi connectivity index (χ2n) is 6.59. The van der Waals surface area contributed by atoms with Crippen LogP contribution in [-0.2, 0) is 4.74 Å². The van der Waals surface area contributed by atoms with E-state index in [4.69, 9.17) is 14.9 Å². The first-order valence-electron chi connectivity index (χ1n) is 9.13. The van der Waals surface area contributed by atoms with Gasteiger partial charge in [0.1, 0.15) is 17.7 Å². The van der Waals surface area contributed by atoms with Crippen LogP contribution >= 0.6 is 0 Å². The molecule has 0 aromatic carbocycles. The number of amidine groups is 1. The van der Waals surface area contributed by atoms with E-state index in [0.717, 1.165) is 35.9 Å². The molecule has 0 spiro atoms. The Balaban J connectivity index is 1.88. The molecule has 1 aromatic rings. The van der Waals surface area contributed by atoms with Crippen LogP contribution in [0.3, 0.4) is 0 Å². The third-order valence-corrected chi connectivity index (χ3v) is 4.43. The van der Waals surface area contributed by atoms with Crippen molar-refractivity contribution in [1.82, 2.24) is 15.3 Å². The number of aliphatic hydroxyl groups excluding tert-OH is 1. The molecule has 3 heterocycles. The summed E-state index contributed by atoms with van der Waals surface area (Å²) in [6.07, 6.45) is 2.64. The summed E-state index contributed by atoms with van der Waals surface area (Å²) in [7, 11) is 1.70. The molecular weight excluding hydrogens is 346 g/mol. The minimum absolute atomic E-state index is 0.0206. The molecule has 2 aliphatic heterocycles. The topological polar surface area (TPSA) is 107 Å². The van der Waals surface area contributed by atoms with Gasteiger partial charge in [-0.05, 0) is 38.0 Å². The van der Waals surface area contributed by atoms with Crippen LogP contribution in [0.1, 0.15) is 18.9 Å². The second-order valence-corrected chi connectivity index (χ2v) is 6.59. The van der Waals surface area contributed by atoms with Crippen LogP contribution in [0.15, 0.2) is 33.4 Å². The van der Waals surface area contributed by atoms with E-state index in [1.165, 1.54) is 0 Å². The van der Waals surface area contributed by atoms with E-state index in [1.54, 1.807) is 13.3 Å². The Hall–Kier alpha value is -2.52. The Labute approximate surface area is 159 Å². The molecule has 2 aliphatic rings. The molecule has 0 aliphatic carbocycles. The lowest BCUT2D eigenvalue weighted by Gasteiger charge is -2.33. The van der Waals surface area contributed by atoms with E-state index in [1.807, 2.05) is 31.0 Å². The summed E-state index contributed by atoms with van der Waals surface area (Å²) in [5.41, 5.74) is 2.09. The number of hydrazone groups is 1. The van der Waals surface area contributed by atoms with Gasteiger partial charge in [0.25, 0.3) is 0 Å². The molecule has 2 unspecified atom stereocenters. The highest BCUT2D eigenvalue weighted by Crippen LogP contribution is 2.22. The molecule has 0 saturated carbocycles. The smallest absolute Gasteiger partial charge is 0.220 e. The van der Waals surface area contributed by atoms with E-state index in [0.29, 0.717) is 19.1 Å². The summed E-state index contributed by atoms with van der Waals surface area (Å²) in [5, 5.41) is 22.5. The first-order valence-corrected chi connectivity index (χ1v) is 9.13. The van der Waals surface area contributed by atoms with Crippen LogP contribution in [0.4, 0.5) is 5.82 Å². The van der Waals surface area contributed by atoms with Crippen molar-refractivity contribution < 1.29 is 9.84 Å². The number of nitrogens with zero attached hydrogens (tertiary/aromatic N) is 5. The number of rotatable bonds is 7. The van der Waals surface area contributed by atoms with Crippen LogP contribution in [-0.4, -0.2) is 78.1 Å². The summed E-state index contributed by atoms with van der Waals surface area (Å²) in [4.78, 5) is 13.4. The number of anilines is 1. The Morgan fingerprint density at radius 1 is 1.41 bits per heavy atom. The van der Waals surface area contributed by atoms with E-state index in [2.05, 4.69) is 25.6 Å². The number of aliphatic imine (C=N–C) groups is 2. The number of pyridine rings is 1. The van der Waals surface area contributed by atoms with Crippen LogP contribution in [0.2, 0.25) is 0 Å². The van der Waals surface area contributed by atoms with Gasteiger partial charge in [-0.1, -0.05) is 0 Å². The summed E-state index contributed by atoms with van der Waals surface area (Å²) in [6.45, 7) is 5.74. The average Bonchev–Trinajstić information content (AvgIpc) is 2.96. The zero-order valence-electron chi connectivity index (χ0n) is 16.0. The first-order chi connectivity index (χ1) is 13.1. The zero-order valence-corrected chi connectivity index (χ0v) is 16.0. The number of hydrogen-bond acceptors (Lipinski definition) is 7. The summed E-state index contributed by atoms with van der Waals surface area (Å²) in [6, 6.07) is 3.82. The summed E-state index contributed by atoms with van der Waals surface area (Å²) >= 11 is 0. The van der Waals surface area contributed by atoms with Crippen LogP contribution in [0.25, 0.3) is 0 Å². The van der Waals surface area contributed by atoms with Gasteiger partial charge in [0.05, 0.1) is 24.9 Å². The number of fused-ring (bicyclic) bond motifs is 1. The monoisotopic (exact) mass is 373 g/mol. The number of nitrogens with one attached hydrogen (secondary N) is 2. The van der Waals surface area contributed by atoms with Crippen LogP contribution < -0.4 is 10.6 Å². The highest BCUT2D eigenvalue weighted by atomic mass is 16.5. The van der Waals surface area contributed by atoms with E-state index in [9.17, 15) is 0 Å². The summed E-state index contributed by atoms with van der Waals surface area (Å²) < 4.78 is 5.17. The van der Waals surface area contributed by atoms with Crippen molar-refractivity contribution in [2.45, 2.75) is 32.4 Å². The van der Waals surface area contributed by atoms with Crippen molar-refractivity contribution in [3.05, 3.63) is 23.9 Å². The maximum absolute atomic E-state index is 9.08. The van der Waals surface area contributed by atoms with Crippen molar-refractivity contribution in [2.75, 3.05) is 38.7 Å². The number of aromatic nitrogens is 1. The molecular formula is C18H27N7O2. The van der Waals surface area contributed by atoms with E-state index in [-0.39, 0.29) is 18.7 Å². The normalized spacial score (nSPS) is 23.0. The molecule has 9 nitrogen and oxygen atoms in total. The molecule has 146 valence electrons. The van der Waals surface area contributed by atoms with Crippen molar-refractivity contribution in [2.24, 2.45) is 15.1 Å². The molecule has 27 heavy (non-hydrogen) atoms. The number of ether oxygens (including phenoxy) is 1. The molecule has 0 amide bonds. The minimum atomic E-state index is -0.0720.